The van der Waals surface area contributed by atoms with Gasteiger partial charge in [0, 0.05) is 6.54 Å². The molecule has 0 saturated heterocycles. The lowest BCUT2D eigenvalue weighted by Crippen LogP contribution is -2.23. The van der Waals surface area contributed by atoms with Crippen LogP contribution in [-0.2, 0) is 20.9 Å². The quantitative estimate of drug-likeness (QED) is 0.471. The summed E-state index contributed by atoms with van der Waals surface area (Å²) >= 11 is 0. The van der Waals surface area contributed by atoms with Crippen LogP contribution in [0.1, 0.15) is 11.1 Å². The maximum absolute atomic E-state index is 12.2. The number of methoxy groups -OCH3 is 1. The Labute approximate surface area is 151 Å². The lowest BCUT2D eigenvalue weighted by molar-refractivity contribution is -0.142. The SMILES string of the molecule is COC(=O)COc1ccc(C=C(C#N)C(=O)NCc2ccccc2)cc1. The highest BCUT2D eigenvalue weighted by atomic mass is 16.6. The highest BCUT2D eigenvalue weighted by Crippen LogP contribution is 2.15. The van der Waals surface area contributed by atoms with E-state index in [-0.39, 0.29) is 12.2 Å². The van der Waals surface area contributed by atoms with E-state index in [9.17, 15) is 14.9 Å². The molecule has 0 heterocycles. The van der Waals surface area contributed by atoms with Crippen molar-refractivity contribution in [3.63, 3.8) is 0 Å². The molecule has 26 heavy (non-hydrogen) atoms. The van der Waals surface area contributed by atoms with Crippen LogP contribution in [0, 0.1) is 11.3 Å². The second-order valence-electron chi connectivity index (χ2n) is 5.27. The lowest BCUT2D eigenvalue weighted by atomic mass is 10.1. The number of nitrogens with zero attached hydrogens (tertiary/aromatic N) is 1. The van der Waals surface area contributed by atoms with Crippen LogP contribution in [0.2, 0.25) is 0 Å². The van der Waals surface area contributed by atoms with Crippen LogP contribution in [0.15, 0.2) is 60.2 Å². The number of esters is 1. The third kappa shape index (κ3) is 5.80. The van der Waals surface area contributed by atoms with Gasteiger partial charge in [-0.1, -0.05) is 42.5 Å². The first-order chi connectivity index (χ1) is 12.6. The second-order valence-corrected chi connectivity index (χ2v) is 5.27. The normalized spacial score (nSPS) is 10.5. The minimum atomic E-state index is -0.476. The fourth-order valence-corrected chi connectivity index (χ4v) is 2.05. The third-order valence-corrected chi connectivity index (χ3v) is 3.44. The molecule has 0 aliphatic carbocycles. The Bertz CT molecular complexity index is 821. The van der Waals surface area contributed by atoms with E-state index in [1.807, 2.05) is 36.4 Å². The van der Waals surface area contributed by atoms with Gasteiger partial charge in [-0.3, -0.25) is 4.79 Å². The van der Waals surface area contributed by atoms with E-state index in [4.69, 9.17) is 4.74 Å². The Morgan fingerprint density at radius 1 is 1.12 bits per heavy atom. The van der Waals surface area contributed by atoms with Gasteiger partial charge in [0.1, 0.15) is 17.4 Å². The molecule has 0 aliphatic heterocycles. The topological polar surface area (TPSA) is 88.4 Å². The minimum Gasteiger partial charge on any atom is -0.482 e. The predicted molar refractivity (Wildman–Crippen MR) is 95.8 cm³/mol. The van der Waals surface area contributed by atoms with Crippen LogP contribution in [0.3, 0.4) is 0 Å². The summed E-state index contributed by atoms with van der Waals surface area (Å²) in [5.41, 5.74) is 1.62. The average molecular weight is 350 g/mol. The zero-order chi connectivity index (χ0) is 18.8. The number of amides is 1. The van der Waals surface area contributed by atoms with Crippen LogP contribution >= 0.6 is 0 Å². The van der Waals surface area contributed by atoms with Crippen molar-refractivity contribution >= 4 is 18.0 Å². The molecule has 0 bridgehead atoms. The van der Waals surface area contributed by atoms with Crippen molar-refractivity contribution in [3.8, 4) is 11.8 Å². The van der Waals surface area contributed by atoms with Gasteiger partial charge in [-0.05, 0) is 29.3 Å². The molecule has 0 saturated carbocycles. The molecule has 2 rings (SSSR count). The van der Waals surface area contributed by atoms with Gasteiger partial charge < -0.3 is 14.8 Å². The van der Waals surface area contributed by atoms with Crippen LogP contribution in [0.4, 0.5) is 0 Å². The fourth-order valence-electron chi connectivity index (χ4n) is 2.05. The molecule has 0 radical (unpaired) electrons. The molecular formula is C20H18N2O4. The first kappa shape index (κ1) is 18.7. The first-order valence-electron chi connectivity index (χ1n) is 7.86. The average Bonchev–Trinajstić information content (AvgIpc) is 2.70. The number of benzene rings is 2. The van der Waals surface area contributed by atoms with Crippen LogP contribution in [-0.4, -0.2) is 25.6 Å². The maximum atomic E-state index is 12.2. The molecule has 0 unspecified atom stereocenters. The monoisotopic (exact) mass is 350 g/mol. The molecule has 0 aromatic heterocycles. The van der Waals surface area contributed by atoms with Crippen LogP contribution in [0.25, 0.3) is 6.08 Å². The van der Waals surface area contributed by atoms with Crippen molar-refractivity contribution in [2.45, 2.75) is 6.54 Å². The Morgan fingerprint density at radius 3 is 2.42 bits per heavy atom. The predicted octanol–water partition coefficient (Wildman–Crippen LogP) is 2.46. The highest BCUT2D eigenvalue weighted by Gasteiger charge is 2.09. The molecule has 0 spiro atoms. The Hall–Kier alpha value is -3.59. The van der Waals surface area contributed by atoms with E-state index in [1.165, 1.54) is 13.2 Å². The van der Waals surface area contributed by atoms with Gasteiger partial charge in [-0.15, -0.1) is 0 Å². The highest BCUT2D eigenvalue weighted by molar-refractivity contribution is 6.01. The van der Waals surface area contributed by atoms with E-state index in [0.29, 0.717) is 17.9 Å². The molecule has 0 atom stereocenters. The Morgan fingerprint density at radius 2 is 1.81 bits per heavy atom. The van der Waals surface area contributed by atoms with E-state index in [2.05, 4.69) is 10.1 Å². The number of hydrogen-bond acceptors (Lipinski definition) is 5. The number of hydrogen-bond donors (Lipinski definition) is 1. The van der Waals surface area contributed by atoms with Crippen molar-refractivity contribution in [2.24, 2.45) is 0 Å². The van der Waals surface area contributed by atoms with Crippen LogP contribution in [0.5, 0.6) is 5.75 Å². The van der Waals surface area contributed by atoms with Gasteiger partial charge in [-0.2, -0.15) is 5.26 Å². The minimum absolute atomic E-state index is 0.00385. The summed E-state index contributed by atoms with van der Waals surface area (Å²) in [6.45, 7) is 0.163. The largest absolute Gasteiger partial charge is 0.482 e. The zero-order valence-corrected chi connectivity index (χ0v) is 14.3. The van der Waals surface area contributed by atoms with Gasteiger partial charge in [0.25, 0.3) is 5.91 Å². The standard InChI is InChI=1S/C20H18N2O4/c1-25-19(23)14-26-18-9-7-15(8-10-18)11-17(12-21)20(24)22-13-16-5-3-2-4-6-16/h2-11H,13-14H2,1H3,(H,22,24). The van der Waals surface area contributed by atoms with Gasteiger partial charge in [0.15, 0.2) is 6.61 Å². The third-order valence-electron chi connectivity index (χ3n) is 3.44. The molecule has 2 aromatic carbocycles. The van der Waals surface area contributed by atoms with Gasteiger partial charge in [0.05, 0.1) is 7.11 Å². The van der Waals surface area contributed by atoms with Crippen molar-refractivity contribution in [2.75, 3.05) is 13.7 Å². The summed E-state index contributed by atoms with van der Waals surface area (Å²) in [6.07, 6.45) is 1.49. The molecule has 1 amide bonds. The summed E-state index contributed by atoms with van der Waals surface area (Å²) < 4.78 is 9.73. The number of carbonyl (C=O) groups is 2. The van der Waals surface area contributed by atoms with Crippen molar-refractivity contribution < 1.29 is 19.1 Å². The molecule has 6 nitrogen and oxygen atoms in total. The second kappa shape index (κ2) is 9.64. The first-order valence-corrected chi connectivity index (χ1v) is 7.86. The number of nitriles is 1. The number of ether oxygens (including phenoxy) is 2. The van der Waals surface area contributed by atoms with E-state index < -0.39 is 11.9 Å². The molecular weight excluding hydrogens is 332 g/mol. The van der Waals surface area contributed by atoms with Gasteiger partial charge >= 0.3 is 5.97 Å². The van der Waals surface area contributed by atoms with Gasteiger partial charge in [0.2, 0.25) is 0 Å². The number of carbonyl (C=O) groups excluding carboxylic acids is 2. The zero-order valence-electron chi connectivity index (χ0n) is 14.3. The smallest absolute Gasteiger partial charge is 0.343 e. The van der Waals surface area contributed by atoms with Crippen molar-refractivity contribution in [3.05, 3.63) is 71.3 Å². The maximum Gasteiger partial charge on any atom is 0.343 e. The Kier molecular flexibility index (Phi) is 6.95. The summed E-state index contributed by atoms with van der Waals surface area (Å²) in [6, 6.07) is 18.0. The molecule has 2 aromatic rings. The van der Waals surface area contributed by atoms with Crippen molar-refractivity contribution in [1.29, 1.82) is 5.26 Å². The van der Waals surface area contributed by atoms with E-state index >= 15 is 0 Å². The lowest BCUT2D eigenvalue weighted by Gasteiger charge is -2.06. The molecule has 0 fully saturated rings. The number of nitrogens with one attached hydrogen (secondary N) is 1. The van der Waals surface area contributed by atoms with Crippen LogP contribution < -0.4 is 10.1 Å². The summed E-state index contributed by atoms with van der Waals surface area (Å²) in [7, 11) is 1.28. The molecule has 132 valence electrons. The summed E-state index contributed by atoms with van der Waals surface area (Å²) in [4.78, 5) is 23.2. The summed E-state index contributed by atoms with van der Waals surface area (Å²) in [5.74, 6) is -0.433. The van der Waals surface area contributed by atoms with E-state index in [1.54, 1.807) is 24.3 Å². The van der Waals surface area contributed by atoms with Crippen molar-refractivity contribution in [1.82, 2.24) is 5.32 Å². The fraction of sp³-hybridized carbons (Fsp3) is 0.150. The molecule has 1 N–H and O–H groups in total. The van der Waals surface area contributed by atoms with Gasteiger partial charge in [-0.25, -0.2) is 4.79 Å². The Balaban J connectivity index is 1.97. The molecule has 6 heteroatoms. The number of rotatable bonds is 7. The van der Waals surface area contributed by atoms with E-state index in [0.717, 1.165) is 5.56 Å². The summed E-state index contributed by atoms with van der Waals surface area (Å²) in [5, 5.41) is 11.9. The molecule has 0 aliphatic rings.